The summed E-state index contributed by atoms with van der Waals surface area (Å²) in [5.74, 6) is 0.248. The first-order valence-electron chi connectivity index (χ1n) is 8.99. The molecule has 0 N–H and O–H groups in total. The van der Waals surface area contributed by atoms with Crippen molar-refractivity contribution in [2.24, 2.45) is 0 Å². The van der Waals surface area contributed by atoms with Crippen molar-refractivity contribution < 1.29 is 37.5 Å². The number of nitrogens with zero attached hydrogens (tertiary/aromatic N) is 4. The quantitative estimate of drug-likeness (QED) is 0.594. The maximum Gasteiger partial charge on any atom is 0.236 e. The van der Waals surface area contributed by atoms with E-state index in [2.05, 4.69) is 22.0 Å². The second kappa shape index (κ2) is 17.3. The number of likely N-dealkylation sites (N-methyl/N-ethyl adjacent to an activating group) is 2. The zero-order chi connectivity index (χ0) is 16.8. The normalized spacial score (nSPS) is 15.3. The summed E-state index contributed by atoms with van der Waals surface area (Å²) < 4.78 is 0. The molecule has 1 radical (unpaired) electrons. The fourth-order valence-electron chi connectivity index (χ4n) is 2.52. The second-order valence-corrected chi connectivity index (χ2v) is 5.48. The number of rotatable bonds is 9. The van der Waals surface area contributed by atoms with Gasteiger partial charge in [0, 0.05) is 72.0 Å². The van der Waals surface area contributed by atoms with Gasteiger partial charge in [0.2, 0.25) is 5.91 Å². The van der Waals surface area contributed by atoms with Crippen molar-refractivity contribution in [3.05, 3.63) is 5.32 Å². The first-order chi connectivity index (χ1) is 10.7. The summed E-state index contributed by atoms with van der Waals surface area (Å²) in [6.45, 7) is 16.6. The summed E-state index contributed by atoms with van der Waals surface area (Å²) in [7, 11) is 1.80. The fourth-order valence-corrected chi connectivity index (χ4v) is 2.52. The van der Waals surface area contributed by atoms with Crippen LogP contribution in [0.3, 0.4) is 0 Å². The standard InChI is InChI=1S/C15H31N4O.C2H6.Y/c1-4-6-8-17-10-12-18(13-11-17)14-15(20)19(5-2)9-7-16-3;1-2;/h4-14H2,1-3H3;1-2H3;/q-1;;. The number of amides is 1. The smallest absolute Gasteiger partial charge is 0.236 e. The van der Waals surface area contributed by atoms with E-state index < -0.39 is 0 Å². The fraction of sp³-hybridized carbons (Fsp3) is 0.941. The molecular weight excluding hydrogens is 365 g/mol. The predicted octanol–water partition coefficient (Wildman–Crippen LogP) is 2.28. The molecule has 1 aliphatic rings. The summed E-state index contributed by atoms with van der Waals surface area (Å²) in [5.41, 5.74) is 0. The van der Waals surface area contributed by atoms with Crippen LogP contribution in [0, 0.1) is 0 Å². The van der Waals surface area contributed by atoms with Gasteiger partial charge in [-0.05, 0) is 19.9 Å². The second-order valence-electron chi connectivity index (χ2n) is 5.48. The summed E-state index contributed by atoms with van der Waals surface area (Å²) in [6.07, 6.45) is 2.54. The molecule has 0 atom stereocenters. The van der Waals surface area contributed by atoms with Gasteiger partial charge >= 0.3 is 0 Å². The average Bonchev–Trinajstić information content (AvgIpc) is 2.57. The van der Waals surface area contributed by atoms with Crippen LogP contribution in [0.25, 0.3) is 5.32 Å². The van der Waals surface area contributed by atoms with Crippen LogP contribution in [0.2, 0.25) is 0 Å². The third-order valence-electron chi connectivity index (χ3n) is 3.98. The van der Waals surface area contributed by atoms with Crippen molar-refractivity contribution in [3.8, 4) is 0 Å². The number of piperazine rings is 1. The summed E-state index contributed by atoms with van der Waals surface area (Å²) in [5, 5.41) is 4.08. The Labute approximate surface area is 169 Å². The Bertz CT molecular complexity index is 271. The molecule has 1 saturated heterocycles. The molecule has 1 heterocycles. The van der Waals surface area contributed by atoms with Crippen LogP contribution in [0.5, 0.6) is 0 Å². The van der Waals surface area contributed by atoms with Gasteiger partial charge in [0.05, 0.1) is 6.54 Å². The third kappa shape index (κ3) is 11.6. The Morgan fingerprint density at radius 1 is 1.09 bits per heavy atom. The molecule has 0 aliphatic carbocycles. The monoisotopic (exact) mass is 402 g/mol. The Hall–Kier alpha value is 0.454. The van der Waals surface area contributed by atoms with E-state index in [0.29, 0.717) is 6.54 Å². The van der Waals surface area contributed by atoms with Gasteiger partial charge in [-0.1, -0.05) is 27.2 Å². The van der Waals surface area contributed by atoms with Gasteiger partial charge in [0.1, 0.15) is 0 Å². The van der Waals surface area contributed by atoms with Gasteiger partial charge in [-0.15, -0.1) is 6.54 Å². The van der Waals surface area contributed by atoms with Crippen LogP contribution in [0.4, 0.5) is 0 Å². The number of carbonyl (C=O) groups excluding carboxylic acids is 1. The zero-order valence-corrected chi connectivity index (χ0v) is 18.9. The van der Waals surface area contributed by atoms with E-state index >= 15 is 0 Å². The summed E-state index contributed by atoms with van der Waals surface area (Å²) >= 11 is 0. The van der Waals surface area contributed by atoms with E-state index in [9.17, 15) is 4.79 Å². The molecule has 1 amide bonds. The Balaban J connectivity index is 0. The van der Waals surface area contributed by atoms with E-state index in [1.807, 2.05) is 25.7 Å². The molecular formula is C17H37N4OY-. The van der Waals surface area contributed by atoms with E-state index in [-0.39, 0.29) is 38.6 Å². The summed E-state index contributed by atoms with van der Waals surface area (Å²) in [4.78, 5) is 18.9. The SMILES string of the molecule is CC.CCCCN1CCN(CC(=O)N(CC)CC[N-]C)CC1.[Y]. The average molecular weight is 402 g/mol. The molecule has 0 unspecified atom stereocenters. The van der Waals surface area contributed by atoms with Gasteiger partial charge < -0.3 is 15.1 Å². The van der Waals surface area contributed by atoms with Crippen LogP contribution in [0.15, 0.2) is 0 Å². The van der Waals surface area contributed by atoms with Crippen molar-refractivity contribution in [2.75, 3.05) is 66.0 Å². The minimum atomic E-state index is 0. The Kier molecular flexibility index (Phi) is 19.3. The van der Waals surface area contributed by atoms with E-state index in [1.54, 1.807) is 7.05 Å². The van der Waals surface area contributed by atoms with Crippen molar-refractivity contribution >= 4 is 5.91 Å². The maximum atomic E-state index is 12.2. The van der Waals surface area contributed by atoms with Gasteiger partial charge in [-0.3, -0.25) is 9.69 Å². The molecule has 0 spiro atoms. The molecule has 1 rings (SSSR count). The number of unbranched alkanes of at least 4 members (excludes halogenated alkanes) is 1. The van der Waals surface area contributed by atoms with Gasteiger partial charge in [-0.25, -0.2) is 0 Å². The number of hydrogen-bond acceptors (Lipinski definition) is 3. The molecule has 6 heteroatoms. The Morgan fingerprint density at radius 2 is 1.65 bits per heavy atom. The van der Waals surface area contributed by atoms with Crippen LogP contribution >= 0.6 is 0 Å². The predicted molar refractivity (Wildman–Crippen MR) is 95.5 cm³/mol. The maximum absolute atomic E-state index is 12.2. The van der Waals surface area contributed by atoms with Gasteiger partial charge in [-0.2, -0.15) is 7.05 Å². The Morgan fingerprint density at radius 3 is 2.13 bits per heavy atom. The topological polar surface area (TPSA) is 40.9 Å². The van der Waals surface area contributed by atoms with E-state index in [4.69, 9.17) is 0 Å². The molecule has 0 aromatic heterocycles. The van der Waals surface area contributed by atoms with Crippen molar-refractivity contribution in [1.29, 1.82) is 0 Å². The molecule has 0 saturated carbocycles. The largest absolute Gasteiger partial charge is 0.664 e. The molecule has 0 aromatic carbocycles. The van der Waals surface area contributed by atoms with Crippen LogP contribution in [-0.4, -0.2) is 86.6 Å². The first kappa shape index (κ1) is 25.7. The molecule has 5 nitrogen and oxygen atoms in total. The number of hydrogen-bond donors (Lipinski definition) is 0. The molecule has 0 bridgehead atoms. The minimum Gasteiger partial charge on any atom is -0.664 e. The van der Waals surface area contributed by atoms with Crippen molar-refractivity contribution in [3.63, 3.8) is 0 Å². The molecule has 0 aromatic rings. The summed E-state index contributed by atoms with van der Waals surface area (Å²) in [6, 6.07) is 0. The van der Waals surface area contributed by atoms with Crippen molar-refractivity contribution in [1.82, 2.24) is 14.7 Å². The van der Waals surface area contributed by atoms with Crippen LogP contribution < -0.4 is 0 Å². The molecule has 23 heavy (non-hydrogen) atoms. The molecule has 1 aliphatic heterocycles. The third-order valence-corrected chi connectivity index (χ3v) is 3.98. The number of carbonyl (C=O) groups is 1. The zero-order valence-electron chi connectivity index (χ0n) is 16.1. The van der Waals surface area contributed by atoms with Crippen molar-refractivity contribution in [2.45, 2.75) is 40.5 Å². The first-order valence-corrected chi connectivity index (χ1v) is 8.99. The van der Waals surface area contributed by atoms with E-state index in [0.717, 1.165) is 45.8 Å². The van der Waals surface area contributed by atoms with Crippen LogP contribution in [0.1, 0.15) is 40.5 Å². The minimum absolute atomic E-state index is 0. The van der Waals surface area contributed by atoms with Gasteiger partial charge in [0.25, 0.3) is 0 Å². The molecule has 135 valence electrons. The molecule has 1 fully saturated rings. The van der Waals surface area contributed by atoms with Crippen LogP contribution in [-0.2, 0) is 37.5 Å². The van der Waals surface area contributed by atoms with Gasteiger partial charge in [0.15, 0.2) is 0 Å². The van der Waals surface area contributed by atoms with E-state index in [1.165, 1.54) is 19.4 Å².